The Morgan fingerprint density at radius 3 is 2.58 bits per heavy atom. The Morgan fingerprint density at radius 1 is 1.19 bits per heavy atom. The summed E-state index contributed by atoms with van der Waals surface area (Å²) in [4.78, 5) is 8.18. The minimum atomic E-state index is -3.07. The molecule has 174 valence electrons. The van der Waals surface area contributed by atoms with Gasteiger partial charge in [0.15, 0.2) is 5.96 Å². The summed E-state index contributed by atoms with van der Waals surface area (Å²) in [6.45, 7) is 7.79. The lowest BCUT2D eigenvalue weighted by Crippen LogP contribution is -2.40. The van der Waals surface area contributed by atoms with Gasteiger partial charge in [0.05, 0.1) is 6.26 Å². The van der Waals surface area contributed by atoms with E-state index in [0.29, 0.717) is 19.0 Å². The van der Waals surface area contributed by atoms with Gasteiger partial charge in [-0.25, -0.2) is 12.7 Å². The molecule has 9 heteroatoms. The van der Waals surface area contributed by atoms with E-state index < -0.39 is 10.0 Å². The van der Waals surface area contributed by atoms with E-state index in [1.807, 2.05) is 0 Å². The molecule has 31 heavy (non-hydrogen) atoms. The summed E-state index contributed by atoms with van der Waals surface area (Å²) in [5.74, 6) is 1.26. The van der Waals surface area contributed by atoms with Crippen LogP contribution in [0.15, 0.2) is 29.4 Å². The van der Waals surface area contributed by atoms with Crippen LogP contribution in [0.2, 0.25) is 0 Å². The van der Waals surface area contributed by atoms with Crippen molar-refractivity contribution < 1.29 is 8.42 Å². The SMILES string of the molecule is CCNC(=NCC1CCN(S(C)(=O)=O)CC1)NCCc1c[nH]c2c(CC)cccc12.I. The number of piperidine rings is 1. The Hall–Kier alpha value is -1.33. The molecule has 2 aromatic rings. The lowest BCUT2D eigenvalue weighted by molar-refractivity contribution is 0.280. The van der Waals surface area contributed by atoms with Gasteiger partial charge in [-0.3, -0.25) is 4.99 Å². The first-order valence-electron chi connectivity index (χ1n) is 11.0. The first-order chi connectivity index (χ1) is 14.4. The van der Waals surface area contributed by atoms with Gasteiger partial charge < -0.3 is 15.6 Å². The van der Waals surface area contributed by atoms with Crippen molar-refractivity contribution in [3.05, 3.63) is 35.5 Å². The Kier molecular flexibility index (Phi) is 10.1. The number of halogens is 1. The average Bonchev–Trinajstić information content (AvgIpc) is 3.15. The number of aryl methyl sites for hydroxylation is 1. The first-order valence-corrected chi connectivity index (χ1v) is 12.8. The number of hydrogen-bond donors (Lipinski definition) is 3. The van der Waals surface area contributed by atoms with Crippen molar-refractivity contribution in [2.75, 3.05) is 39.0 Å². The van der Waals surface area contributed by atoms with Gasteiger partial charge in [-0.05, 0) is 49.7 Å². The van der Waals surface area contributed by atoms with E-state index in [1.165, 1.54) is 28.3 Å². The molecule has 0 unspecified atom stereocenters. The normalized spacial score (nSPS) is 16.3. The molecule has 1 aliphatic rings. The first kappa shape index (κ1) is 25.9. The largest absolute Gasteiger partial charge is 0.361 e. The lowest BCUT2D eigenvalue weighted by Gasteiger charge is -2.29. The second kappa shape index (κ2) is 12.1. The fourth-order valence-corrected chi connectivity index (χ4v) is 4.95. The summed E-state index contributed by atoms with van der Waals surface area (Å²) in [6.07, 6.45) is 7.08. The maximum Gasteiger partial charge on any atom is 0.211 e. The lowest BCUT2D eigenvalue weighted by atomic mass is 9.98. The zero-order valence-corrected chi connectivity index (χ0v) is 21.9. The second-order valence-corrected chi connectivity index (χ2v) is 9.99. The van der Waals surface area contributed by atoms with Gasteiger partial charge in [-0.15, -0.1) is 24.0 Å². The third kappa shape index (κ3) is 7.08. The van der Waals surface area contributed by atoms with E-state index in [4.69, 9.17) is 4.99 Å². The summed E-state index contributed by atoms with van der Waals surface area (Å²) < 4.78 is 24.9. The van der Waals surface area contributed by atoms with Crippen LogP contribution < -0.4 is 10.6 Å². The Balaban J connectivity index is 0.00000341. The third-order valence-electron chi connectivity index (χ3n) is 5.85. The number of aromatic amines is 1. The number of aliphatic imine (C=N–C) groups is 1. The van der Waals surface area contributed by atoms with Crippen LogP contribution in [-0.2, 0) is 22.9 Å². The predicted molar refractivity (Wildman–Crippen MR) is 140 cm³/mol. The number of sulfonamides is 1. The number of aromatic nitrogens is 1. The molecule has 1 saturated heterocycles. The standard InChI is InChI=1S/C22H35N5O2S.HI/c1-4-18-7-6-8-20-19(16-25-21(18)20)9-12-24-22(23-5-2)26-15-17-10-13-27(14-11-17)30(3,28)29;/h6-8,16-17,25H,4-5,9-15H2,1-3H3,(H2,23,24,26);1H. The maximum atomic E-state index is 11.7. The van der Waals surface area contributed by atoms with Crippen LogP contribution in [0.4, 0.5) is 0 Å². The van der Waals surface area contributed by atoms with E-state index in [1.54, 1.807) is 4.31 Å². The van der Waals surface area contributed by atoms with Crippen molar-refractivity contribution in [1.82, 2.24) is 19.9 Å². The highest BCUT2D eigenvalue weighted by Gasteiger charge is 2.24. The molecule has 1 aliphatic heterocycles. The number of H-pyrrole nitrogens is 1. The molecule has 0 atom stereocenters. The number of fused-ring (bicyclic) bond motifs is 1. The number of rotatable bonds is 8. The Bertz CT molecular complexity index is 965. The molecule has 0 spiro atoms. The van der Waals surface area contributed by atoms with Gasteiger partial charge in [0.2, 0.25) is 10.0 Å². The summed E-state index contributed by atoms with van der Waals surface area (Å²) in [5, 5.41) is 8.06. The number of benzene rings is 1. The van der Waals surface area contributed by atoms with E-state index in [0.717, 1.165) is 51.3 Å². The van der Waals surface area contributed by atoms with Crippen molar-refractivity contribution in [1.29, 1.82) is 0 Å². The molecule has 7 nitrogen and oxygen atoms in total. The maximum absolute atomic E-state index is 11.7. The summed E-state index contributed by atoms with van der Waals surface area (Å²) in [5.41, 5.74) is 3.91. The minimum Gasteiger partial charge on any atom is -0.361 e. The van der Waals surface area contributed by atoms with Crippen molar-refractivity contribution in [2.24, 2.45) is 10.9 Å². The quantitative estimate of drug-likeness (QED) is 0.263. The number of nitrogens with one attached hydrogen (secondary N) is 3. The van der Waals surface area contributed by atoms with Gasteiger partial charge in [-0.1, -0.05) is 25.1 Å². The third-order valence-corrected chi connectivity index (χ3v) is 7.15. The zero-order chi connectivity index (χ0) is 21.6. The molecule has 2 heterocycles. The van der Waals surface area contributed by atoms with Gasteiger partial charge in [0, 0.05) is 49.8 Å². The van der Waals surface area contributed by atoms with E-state index >= 15 is 0 Å². The van der Waals surface area contributed by atoms with E-state index in [-0.39, 0.29) is 24.0 Å². The molecular formula is C22H36IN5O2S. The fraction of sp³-hybridized carbons (Fsp3) is 0.591. The van der Waals surface area contributed by atoms with Gasteiger partial charge in [-0.2, -0.15) is 0 Å². The van der Waals surface area contributed by atoms with Crippen LogP contribution >= 0.6 is 24.0 Å². The average molecular weight is 562 g/mol. The fourth-order valence-electron chi connectivity index (χ4n) is 4.08. The van der Waals surface area contributed by atoms with Crippen molar-refractivity contribution in [3.63, 3.8) is 0 Å². The van der Waals surface area contributed by atoms with Crippen LogP contribution in [0.5, 0.6) is 0 Å². The highest BCUT2D eigenvalue weighted by Crippen LogP contribution is 2.22. The van der Waals surface area contributed by atoms with Gasteiger partial charge in [0.1, 0.15) is 0 Å². The molecule has 0 saturated carbocycles. The molecular weight excluding hydrogens is 525 g/mol. The van der Waals surface area contributed by atoms with Crippen LogP contribution in [0.3, 0.4) is 0 Å². The van der Waals surface area contributed by atoms with Crippen molar-refractivity contribution in [2.45, 2.75) is 39.5 Å². The number of hydrogen-bond acceptors (Lipinski definition) is 3. The molecule has 0 radical (unpaired) electrons. The van der Waals surface area contributed by atoms with Gasteiger partial charge >= 0.3 is 0 Å². The molecule has 3 N–H and O–H groups in total. The topological polar surface area (TPSA) is 89.6 Å². The Labute approximate surface area is 203 Å². The van der Waals surface area contributed by atoms with Crippen molar-refractivity contribution in [3.8, 4) is 0 Å². The number of nitrogens with zero attached hydrogens (tertiary/aromatic N) is 2. The van der Waals surface area contributed by atoms with Crippen LogP contribution in [0.25, 0.3) is 10.9 Å². The molecule has 0 bridgehead atoms. The second-order valence-electron chi connectivity index (χ2n) is 8.01. The molecule has 0 aliphatic carbocycles. The molecule has 1 aromatic carbocycles. The monoisotopic (exact) mass is 561 g/mol. The Morgan fingerprint density at radius 2 is 1.94 bits per heavy atom. The van der Waals surface area contributed by atoms with E-state index in [9.17, 15) is 8.42 Å². The molecule has 3 rings (SSSR count). The van der Waals surface area contributed by atoms with Crippen LogP contribution in [0, 0.1) is 5.92 Å². The minimum absolute atomic E-state index is 0. The molecule has 1 aromatic heterocycles. The van der Waals surface area contributed by atoms with Crippen LogP contribution in [-0.4, -0.2) is 62.6 Å². The smallest absolute Gasteiger partial charge is 0.211 e. The molecule has 1 fully saturated rings. The number of guanidine groups is 1. The summed E-state index contributed by atoms with van der Waals surface area (Å²) >= 11 is 0. The summed E-state index contributed by atoms with van der Waals surface area (Å²) in [6, 6.07) is 6.49. The van der Waals surface area contributed by atoms with Crippen molar-refractivity contribution >= 4 is 50.9 Å². The summed E-state index contributed by atoms with van der Waals surface area (Å²) in [7, 11) is -3.07. The molecule has 0 amide bonds. The zero-order valence-electron chi connectivity index (χ0n) is 18.8. The highest BCUT2D eigenvalue weighted by molar-refractivity contribution is 14.0. The predicted octanol–water partition coefficient (Wildman–Crippen LogP) is 3.12. The van der Waals surface area contributed by atoms with Crippen LogP contribution in [0.1, 0.15) is 37.8 Å². The number of para-hydroxylation sites is 1. The highest BCUT2D eigenvalue weighted by atomic mass is 127. The van der Waals surface area contributed by atoms with E-state index in [2.05, 4.69) is 53.9 Å². The van der Waals surface area contributed by atoms with Gasteiger partial charge in [0.25, 0.3) is 0 Å².